The molecule has 21 heavy (non-hydrogen) atoms. The van der Waals surface area contributed by atoms with Crippen molar-refractivity contribution in [3.05, 3.63) is 64.0 Å². The van der Waals surface area contributed by atoms with Gasteiger partial charge in [-0.1, -0.05) is 6.07 Å². The molecular weight excluding hydrogens is 270 g/mol. The van der Waals surface area contributed by atoms with Crippen LogP contribution in [0.3, 0.4) is 0 Å². The minimum atomic E-state index is -0.412. The summed E-state index contributed by atoms with van der Waals surface area (Å²) in [5, 5.41) is 14.1. The highest BCUT2D eigenvalue weighted by atomic mass is 16.6. The summed E-state index contributed by atoms with van der Waals surface area (Å²) in [5.41, 5.74) is 1.72. The summed E-state index contributed by atoms with van der Waals surface area (Å²) in [6, 6.07) is 10.3. The van der Waals surface area contributed by atoms with E-state index in [4.69, 9.17) is 4.74 Å². The molecule has 0 bridgehead atoms. The predicted octanol–water partition coefficient (Wildman–Crippen LogP) is 2.85. The molecule has 1 aromatic heterocycles. The van der Waals surface area contributed by atoms with E-state index in [0.717, 1.165) is 11.3 Å². The van der Waals surface area contributed by atoms with Crippen molar-refractivity contribution >= 4 is 5.69 Å². The Labute approximate surface area is 122 Å². The average molecular weight is 287 g/mol. The normalized spacial score (nSPS) is 11.9. The smallest absolute Gasteiger partial charge is 0.270 e. The van der Waals surface area contributed by atoms with Crippen molar-refractivity contribution in [1.29, 1.82) is 0 Å². The van der Waals surface area contributed by atoms with Crippen LogP contribution in [0.4, 0.5) is 5.69 Å². The maximum atomic E-state index is 10.8. The summed E-state index contributed by atoms with van der Waals surface area (Å²) in [6.07, 6.45) is 1.74. The van der Waals surface area contributed by atoms with Gasteiger partial charge >= 0.3 is 0 Å². The Bertz CT molecular complexity index is 617. The van der Waals surface area contributed by atoms with Crippen LogP contribution < -0.4 is 10.1 Å². The molecule has 6 heteroatoms. The van der Waals surface area contributed by atoms with Crippen molar-refractivity contribution in [2.24, 2.45) is 0 Å². The largest absolute Gasteiger partial charge is 0.496 e. The first-order valence-electron chi connectivity index (χ1n) is 6.57. The monoisotopic (exact) mass is 287 g/mol. The number of hydrogen-bond acceptors (Lipinski definition) is 5. The number of nitrogens with zero attached hydrogens (tertiary/aromatic N) is 2. The van der Waals surface area contributed by atoms with Crippen LogP contribution in [0.2, 0.25) is 0 Å². The molecule has 0 fully saturated rings. The molecule has 6 nitrogen and oxygen atoms in total. The van der Waals surface area contributed by atoms with E-state index in [1.165, 1.54) is 12.1 Å². The van der Waals surface area contributed by atoms with Crippen molar-refractivity contribution in [1.82, 2.24) is 10.3 Å². The van der Waals surface area contributed by atoms with Crippen molar-refractivity contribution in [2.45, 2.75) is 19.5 Å². The predicted molar refractivity (Wildman–Crippen MR) is 79.1 cm³/mol. The van der Waals surface area contributed by atoms with Gasteiger partial charge in [0.25, 0.3) is 5.69 Å². The molecule has 1 heterocycles. The molecule has 110 valence electrons. The van der Waals surface area contributed by atoms with E-state index in [9.17, 15) is 10.1 Å². The second kappa shape index (κ2) is 6.81. The van der Waals surface area contributed by atoms with E-state index in [1.54, 1.807) is 19.4 Å². The number of nitro groups is 1. The molecule has 2 aromatic rings. The molecule has 0 amide bonds. The van der Waals surface area contributed by atoms with Crippen LogP contribution >= 0.6 is 0 Å². The molecule has 1 N–H and O–H groups in total. The fraction of sp³-hybridized carbons (Fsp3) is 0.267. The Morgan fingerprint density at radius 3 is 2.81 bits per heavy atom. The van der Waals surface area contributed by atoms with Crippen LogP contribution in [0.25, 0.3) is 0 Å². The van der Waals surface area contributed by atoms with Gasteiger partial charge < -0.3 is 10.1 Å². The number of ether oxygens (including phenoxy) is 1. The van der Waals surface area contributed by atoms with Gasteiger partial charge in [-0.2, -0.15) is 0 Å². The molecule has 0 aliphatic rings. The number of pyridine rings is 1. The highest BCUT2D eigenvalue weighted by molar-refractivity contribution is 5.43. The minimum absolute atomic E-state index is 0.0372. The first kappa shape index (κ1) is 14.9. The molecule has 0 spiro atoms. The number of rotatable bonds is 6. The number of non-ortho nitro benzene ring substituents is 1. The zero-order valence-corrected chi connectivity index (χ0v) is 11.9. The molecular formula is C15H17N3O3. The lowest BCUT2D eigenvalue weighted by Crippen LogP contribution is -2.19. The lowest BCUT2D eigenvalue weighted by molar-refractivity contribution is -0.384. The van der Waals surface area contributed by atoms with Gasteiger partial charge in [0.15, 0.2) is 0 Å². The van der Waals surface area contributed by atoms with Gasteiger partial charge in [0.1, 0.15) is 5.75 Å². The quantitative estimate of drug-likeness (QED) is 0.653. The standard InChI is InChI=1S/C15H17N3O3/c1-11(14-5-3-4-8-16-14)17-10-12-9-13(18(19)20)6-7-15(12)21-2/h3-9,11,17H,10H2,1-2H3/t11-/m1/s1. The third-order valence-electron chi connectivity index (χ3n) is 3.20. The number of nitrogens with one attached hydrogen (secondary N) is 1. The van der Waals surface area contributed by atoms with Crippen LogP contribution in [-0.2, 0) is 6.54 Å². The molecule has 1 aromatic carbocycles. The number of nitro benzene ring substituents is 1. The van der Waals surface area contributed by atoms with Crippen LogP contribution in [0.15, 0.2) is 42.6 Å². The van der Waals surface area contributed by atoms with E-state index in [2.05, 4.69) is 10.3 Å². The van der Waals surface area contributed by atoms with Gasteiger partial charge in [-0.3, -0.25) is 15.1 Å². The van der Waals surface area contributed by atoms with Gasteiger partial charge in [0, 0.05) is 36.5 Å². The molecule has 0 saturated heterocycles. The van der Waals surface area contributed by atoms with E-state index in [-0.39, 0.29) is 11.7 Å². The summed E-state index contributed by atoms with van der Waals surface area (Å²) in [4.78, 5) is 14.7. The number of aromatic nitrogens is 1. The van der Waals surface area contributed by atoms with E-state index in [0.29, 0.717) is 12.3 Å². The highest BCUT2D eigenvalue weighted by Gasteiger charge is 2.13. The minimum Gasteiger partial charge on any atom is -0.496 e. The molecule has 0 unspecified atom stereocenters. The van der Waals surface area contributed by atoms with Crippen LogP contribution in [0, 0.1) is 10.1 Å². The maximum Gasteiger partial charge on any atom is 0.270 e. The Balaban J connectivity index is 2.11. The van der Waals surface area contributed by atoms with Gasteiger partial charge in [0.2, 0.25) is 0 Å². The van der Waals surface area contributed by atoms with Crippen molar-refractivity contribution in [3.63, 3.8) is 0 Å². The Morgan fingerprint density at radius 2 is 2.19 bits per heavy atom. The fourth-order valence-electron chi connectivity index (χ4n) is 2.02. The molecule has 1 atom stereocenters. The number of hydrogen-bond donors (Lipinski definition) is 1. The zero-order chi connectivity index (χ0) is 15.2. The van der Waals surface area contributed by atoms with Crippen molar-refractivity contribution in [3.8, 4) is 5.75 Å². The van der Waals surface area contributed by atoms with E-state index in [1.807, 2.05) is 25.1 Å². The van der Waals surface area contributed by atoms with Crippen molar-refractivity contribution < 1.29 is 9.66 Å². The Morgan fingerprint density at radius 1 is 1.38 bits per heavy atom. The number of benzene rings is 1. The van der Waals surface area contributed by atoms with Crippen LogP contribution in [0.1, 0.15) is 24.2 Å². The van der Waals surface area contributed by atoms with Crippen molar-refractivity contribution in [2.75, 3.05) is 7.11 Å². The topological polar surface area (TPSA) is 77.3 Å². The first-order valence-corrected chi connectivity index (χ1v) is 6.57. The third kappa shape index (κ3) is 3.76. The van der Waals surface area contributed by atoms with E-state index < -0.39 is 4.92 Å². The molecule has 2 rings (SSSR count). The van der Waals surface area contributed by atoms with Gasteiger partial charge in [0.05, 0.1) is 17.7 Å². The second-order valence-corrected chi connectivity index (χ2v) is 4.61. The van der Waals surface area contributed by atoms with Gasteiger partial charge in [-0.25, -0.2) is 0 Å². The van der Waals surface area contributed by atoms with Gasteiger partial charge in [-0.15, -0.1) is 0 Å². The molecule has 0 saturated carbocycles. The summed E-state index contributed by atoms with van der Waals surface area (Å²) in [5.74, 6) is 0.626. The maximum absolute atomic E-state index is 10.8. The summed E-state index contributed by atoms with van der Waals surface area (Å²) in [6.45, 7) is 2.45. The summed E-state index contributed by atoms with van der Waals surface area (Å²) < 4.78 is 5.24. The number of methoxy groups -OCH3 is 1. The second-order valence-electron chi connectivity index (χ2n) is 4.61. The van der Waals surface area contributed by atoms with Gasteiger partial charge in [-0.05, 0) is 25.1 Å². The summed E-state index contributed by atoms with van der Waals surface area (Å²) in [7, 11) is 1.55. The molecule has 0 radical (unpaired) electrons. The highest BCUT2D eigenvalue weighted by Crippen LogP contribution is 2.24. The summed E-state index contributed by atoms with van der Waals surface area (Å²) >= 11 is 0. The fourth-order valence-corrected chi connectivity index (χ4v) is 2.02. The lowest BCUT2D eigenvalue weighted by atomic mass is 10.1. The average Bonchev–Trinajstić information content (AvgIpc) is 2.53. The SMILES string of the molecule is COc1ccc([N+](=O)[O-])cc1CN[C@H](C)c1ccccn1. The Hall–Kier alpha value is -2.47. The molecule has 0 aliphatic heterocycles. The molecule has 0 aliphatic carbocycles. The zero-order valence-electron chi connectivity index (χ0n) is 11.9. The third-order valence-corrected chi connectivity index (χ3v) is 3.20. The first-order chi connectivity index (χ1) is 10.1. The Kier molecular flexibility index (Phi) is 4.84. The van der Waals surface area contributed by atoms with Crippen LogP contribution in [-0.4, -0.2) is 17.0 Å². The van der Waals surface area contributed by atoms with Crippen LogP contribution in [0.5, 0.6) is 5.75 Å². The van der Waals surface area contributed by atoms with E-state index >= 15 is 0 Å². The lowest BCUT2D eigenvalue weighted by Gasteiger charge is -2.14.